The molecule has 0 aliphatic rings. The van der Waals surface area contributed by atoms with Gasteiger partial charge in [0.05, 0.1) is 17.7 Å². The Morgan fingerprint density at radius 3 is 2.42 bits per heavy atom. The molecule has 0 unspecified atom stereocenters. The second kappa shape index (κ2) is 7.80. The summed E-state index contributed by atoms with van der Waals surface area (Å²) < 4.78 is 27.5. The lowest BCUT2D eigenvalue weighted by Crippen LogP contribution is -2.30. The zero-order chi connectivity index (χ0) is 17.6. The highest BCUT2D eigenvalue weighted by Gasteiger charge is 2.08. The van der Waals surface area contributed by atoms with Gasteiger partial charge in [-0.05, 0) is 36.2 Å². The summed E-state index contributed by atoms with van der Waals surface area (Å²) in [6, 6.07) is 13.0. The summed E-state index contributed by atoms with van der Waals surface area (Å²) >= 11 is 0. The lowest BCUT2D eigenvalue weighted by molar-refractivity contribution is 0.252. The number of methoxy groups -OCH3 is 1. The van der Waals surface area contributed by atoms with Crippen molar-refractivity contribution in [2.24, 2.45) is 5.14 Å². The maximum absolute atomic E-state index is 11.9. The summed E-state index contributed by atoms with van der Waals surface area (Å²) in [7, 11) is -2.15. The highest BCUT2D eigenvalue weighted by molar-refractivity contribution is 7.89. The Morgan fingerprint density at radius 1 is 1.12 bits per heavy atom. The molecule has 0 atom stereocenters. The maximum Gasteiger partial charge on any atom is 0.319 e. The number of ether oxygens (including phenoxy) is 1. The normalized spacial score (nSPS) is 10.9. The van der Waals surface area contributed by atoms with E-state index in [2.05, 4.69) is 10.6 Å². The fourth-order valence-corrected chi connectivity index (χ4v) is 2.60. The second-order valence-corrected chi connectivity index (χ2v) is 6.58. The van der Waals surface area contributed by atoms with Gasteiger partial charge in [0.15, 0.2) is 0 Å². The number of carbonyl (C=O) groups is 1. The lowest BCUT2D eigenvalue weighted by Gasteiger charge is -2.11. The van der Waals surface area contributed by atoms with Gasteiger partial charge in [0, 0.05) is 6.54 Å². The highest BCUT2D eigenvalue weighted by atomic mass is 32.2. The predicted octanol–water partition coefficient (Wildman–Crippen LogP) is 1.71. The summed E-state index contributed by atoms with van der Waals surface area (Å²) in [5.74, 6) is 0.575. The lowest BCUT2D eigenvalue weighted by atomic mass is 10.1. The minimum Gasteiger partial charge on any atom is -0.495 e. The number of nitrogens with one attached hydrogen (secondary N) is 2. The minimum absolute atomic E-state index is 0.0631. The molecule has 0 aliphatic heterocycles. The van der Waals surface area contributed by atoms with E-state index in [-0.39, 0.29) is 10.9 Å². The number of nitrogens with two attached hydrogens (primary N) is 1. The van der Waals surface area contributed by atoms with Crippen LogP contribution < -0.4 is 20.5 Å². The van der Waals surface area contributed by atoms with E-state index in [9.17, 15) is 13.2 Å². The SMILES string of the molecule is COc1ccccc1NC(=O)NCCc1ccc(S(N)(=O)=O)cc1. The zero-order valence-electron chi connectivity index (χ0n) is 13.2. The molecule has 128 valence electrons. The zero-order valence-corrected chi connectivity index (χ0v) is 14.0. The summed E-state index contributed by atoms with van der Waals surface area (Å²) in [5.41, 5.74) is 1.47. The molecule has 0 radical (unpaired) electrons. The molecule has 0 fully saturated rings. The molecular weight excluding hydrogens is 330 g/mol. The molecule has 0 aliphatic carbocycles. The number of urea groups is 1. The summed E-state index contributed by atoms with van der Waals surface area (Å²) in [6.07, 6.45) is 0.560. The van der Waals surface area contributed by atoms with Crippen molar-refractivity contribution < 1.29 is 17.9 Å². The molecule has 4 N–H and O–H groups in total. The van der Waals surface area contributed by atoms with Gasteiger partial charge in [-0.2, -0.15) is 0 Å². The topological polar surface area (TPSA) is 111 Å². The number of hydrogen-bond donors (Lipinski definition) is 3. The van der Waals surface area contributed by atoms with E-state index in [0.29, 0.717) is 24.4 Å². The van der Waals surface area contributed by atoms with Crippen molar-refractivity contribution in [2.45, 2.75) is 11.3 Å². The van der Waals surface area contributed by atoms with E-state index in [1.807, 2.05) is 6.07 Å². The van der Waals surface area contributed by atoms with Crippen molar-refractivity contribution in [3.63, 3.8) is 0 Å². The van der Waals surface area contributed by atoms with Gasteiger partial charge in [-0.25, -0.2) is 18.4 Å². The van der Waals surface area contributed by atoms with Gasteiger partial charge in [0.25, 0.3) is 0 Å². The Kier molecular flexibility index (Phi) is 5.78. The number of anilines is 1. The van der Waals surface area contributed by atoms with Gasteiger partial charge in [-0.15, -0.1) is 0 Å². The van der Waals surface area contributed by atoms with Crippen molar-refractivity contribution in [3.8, 4) is 5.75 Å². The highest BCUT2D eigenvalue weighted by Crippen LogP contribution is 2.22. The molecule has 7 nitrogen and oxygen atoms in total. The number of carbonyl (C=O) groups excluding carboxylic acids is 1. The standard InChI is InChI=1S/C16H19N3O4S/c1-23-15-5-3-2-4-14(15)19-16(20)18-11-10-12-6-8-13(9-7-12)24(17,21)22/h2-9H,10-11H2,1H3,(H2,17,21,22)(H2,18,19,20). The predicted molar refractivity (Wildman–Crippen MR) is 91.5 cm³/mol. The number of benzene rings is 2. The molecule has 8 heteroatoms. The van der Waals surface area contributed by atoms with Gasteiger partial charge >= 0.3 is 6.03 Å². The van der Waals surface area contributed by atoms with Crippen LogP contribution in [0, 0.1) is 0 Å². The first-order chi connectivity index (χ1) is 11.4. The summed E-state index contributed by atoms with van der Waals surface area (Å²) in [6.45, 7) is 0.399. The molecule has 0 bridgehead atoms. The van der Waals surface area contributed by atoms with Gasteiger partial charge in [0.2, 0.25) is 10.0 Å². The van der Waals surface area contributed by atoms with Gasteiger partial charge in [0.1, 0.15) is 5.75 Å². The number of sulfonamides is 1. The van der Waals surface area contributed by atoms with E-state index in [1.165, 1.54) is 19.2 Å². The Morgan fingerprint density at radius 2 is 1.79 bits per heavy atom. The Balaban J connectivity index is 1.84. The monoisotopic (exact) mass is 349 g/mol. The van der Waals surface area contributed by atoms with Crippen LogP contribution in [0.1, 0.15) is 5.56 Å². The first-order valence-electron chi connectivity index (χ1n) is 7.20. The number of para-hydroxylation sites is 2. The first-order valence-corrected chi connectivity index (χ1v) is 8.74. The molecule has 0 saturated carbocycles. The molecule has 0 aromatic heterocycles. The largest absolute Gasteiger partial charge is 0.495 e. The minimum atomic E-state index is -3.69. The maximum atomic E-state index is 11.9. The Bertz CT molecular complexity index is 804. The van der Waals surface area contributed by atoms with Crippen LogP contribution in [0.25, 0.3) is 0 Å². The van der Waals surface area contributed by atoms with Crippen molar-refractivity contribution in [1.29, 1.82) is 0 Å². The van der Waals surface area contributed by atoms with Crippen LogP contribution in [0.15, 0.2) is 53.4 Å². The number of rotatable bonds is 6. The molecule has 2 amide bonds. The number of amides is 2. The van der Waals surface area contributed by atoms with Crippen LogP contribution in [0.5, 0.6) is 5.75 Å². The van der Waals surface area contributed by atoms with Crippen molar-refractivity contribution in [2.75, 3.05) is 19.0 Å². The van der Waals surface area contributed by atoms with Crippen LogP contribution >= 0.6 is 0 Å². The van der Waals surface area contributed by atoms with Crippen molar-refractivity contribution >= 4 is 21.7 Å². The van der Waals surface area contributed by atoms with Crippen molar-refractivity contribution in [1.82, 2.24) is 5.32 Å². The quantitative estimate of drug-likeness (QED) is 0.737. The molecule has 0 heterocycles. The molecule has 0 saturated heterocycles. The van der Waals surface area contributed by atoms with Crippen LogP contribution in [0.2, 0.25) is 0 Å². The third-order valence-electron chi connectivity index (χ3n) is 3.31. The first kappa shape index (κ1) is 17.8. The Labute approximate surface area is 140 Å². The van der Waals surface area contributed by atoms with Crippen LogP contribution in [0.4, 0.5) is 10.5 Å². The average Bonchev–Trinajstić information content (AvgIpc) is 2.55. The molecule has 2 rings (SSSR count). The van der Waals surface area contributed by atoms with Crippen LogP contribution in [0.3, 0.4) is 0 Å². The Hall–Kier alpha value is -2.58. The fourth-order valence-electron chi connectivity index (χ4n) is 2.08. The van der Waals surface area contributed by atoms with Crippen molar-refractivity contribution in [3.05, 3.63) is 54.1 Å². The summed E-state index contributed by atoms with van der Waals surface area (Å²) in [5, 5.41) is 10.5. The second-order valence-electron chi connectivity index (χ2n) is 5.02. The third kappa shape index (κ3) is 4.97. The summed E-state index contributed by atoms with van der Waals surface area (Å²) in [4.78, 5) is 11.9. The average molecular weight is 349 g/mol. The van der Waals surface area contributed by atoms with Gasteiger partial charge in [-0.3, -0.25) is 0 Å². The molecule has 2 aromatic carbocycles. The van der Waals surface area contributed by atoms with E-state index < -0.39 is 10.0 Å². The third-order valence-corrected chi connectivity index (χ3v) is 4.24. The number of primary sulfonamides is 1. The fraction of sp³-hybridized carbons (Fsp3) is 0.188. The molecular formula is C16H19N3O4S. The molecule has 0 spiro atoms. The van der Waals surface area contributed by atoms with Gasteiger partial charge < -0.3 is 15.4 Å². The van der Waals surface area contributed by atoms with Gasteiger partial charge in [-0.1, -0.05) is 24.3 Å². The van der Waals surface area contributed by atoms with E-state index in [0.717, 1.165) is 5.56 Å². The van der Waals surface area contributed by atoms with Crippen LogP contribution in [-0.4, -0.2) is 28.1 Å². The van der Waals surface area contributed by atoms with Crippen LogP contribution in [-0.2, 0) is 16.4 Å². The van der Waals surface area contributed by atoms with E-state index in [1.54, 1.807) is 30.3 Å². The smallest absolute Gasteiger partial charge is 0.319 e. The molecule has 2 aromatic rings. The number of hydrogen-bond acceptors (Lipinski definition) is 4. The molecule has 24 heavy (non-hydrogen) atoms. The van der Waals surface area contributed by atoms with E-state index >= 15 is 0 Å². The van der Waals surface area contributed by atoms with E-state index in [4.69, 9.17) is 9.88 Å².